The molecule has 0 amide bonds. The molecule has 1 rings (SSSR count). The molecule has 1 nitrogen and oxygen atoms in total. The molecule has 1 N–H and O–H groups in total. The molecule has 0 saturated heterocycles. The second kappa shape index (κ2) is 6.09. The van der Waals surface area contributed by atoms with Crippen molar-refractivity contribution in [3.05, 3.63) is 34.6 Å². The third kappa shape index (κ3) is 3.80. The van der Waals surface area contributed by atoms with Gasteiger partial charge in [-0.1, -0.05) is 24.6 Å². The van der Waals surface area contributed by atoms with Crippen LogP contribution in [0.25, 0.3) is 0 Å². The summed E-state index contributed by atoms with van der Waals surface area (Å²) in [7, 11) is 0. The van der Waals surface area contributed by atoms with Gasteiger partial charge in [0.15, 0.2) is 0 Å². The number of hydrogen-bond donors (Lipinski definition) is 1. The van der Waals surface area contributed by atoms with Crippen LogP contribution in [0.4, 0.5) is 4.39 Å². The van der Waals surface area contributed by atoms with E-state index in [2.05, 4.69) is 0 Å². The van der Waals surface area contributed by atoms with Crippen LogP contribution in [0.5, 0.6) is 0 Å². The SMILES string of the molecule is CCC(O)CCCc1c(F)cccc1Cl. The fraction of sp³-hybridized carbons (Fsp3) is 0.500. The van der Waals surface area contributed by atoms with Crippen LogP contribution in [-0.4, -0.2) is 11.2 Å². The number of aliphatic hydroxyl groups excluding tert-OH is 1. The molecule has 0 saturated carbocycles. The summed E-state index contributed by atoms with van der Waals surface area (Å²) in [5.41, 5.74) is 0.558. The van der Waals surface area contributed by atoms with E-state index in [9.17, 15) is 9.50 Å². The number of halogens is 2. The van der Waals surface area contributed by atoms with Crippen molar-refractivity contribution in [2.24, 2.45) is 0 Å². The van der Waals surface area contributed by atoms with Gasteiger partial charge >= 0.3 is 0 Å². The minimum atomic E-state index is -0.282. The molecule has 15 heavy (non-hydrogen) atoms. The van der Waals surface area contributed by atoms with Gasteiger partial charge in [-0.05, 0) is 37.8 Å². The summed E-state index contributed by atoms with van der Waals surface area (Å²) in [4.78, 5) is 0. The van der Waals surface area contributed by atoms with E-state index in [-0.39, 0.29) is 11.9 Å². The molecule has 0 bridgehead atoms. The van der Waals surface area contributed by atoms with Crippen LogP contribution >= 0.6 is 11.6 Å². The van der Waals surface area contributed by atoms with E-state index < -0.39 is 0 Å². The zero-order chi connectivity index (χ0) is 11.3. The maximum atomic E-state index is 13.3. The third-order valence-electron chi connectivity index (χ3n) is 2.50. The van der Waals surface area contributed by atoms with Crippen molar-refractivity contribution in [2.45, 2.75) is 38.7 Å². The van der Waals surface area contributed by atoms with Gasteiger partial charge in [0.25, 0.3) is 0 Å². The number of rotatable bonds is 5. The highest BCUT2D eigenvalue weighted by Crippen LogP contribution is 2.21. The predicted molar refractivity (Wildman–Crippen MR) is 60.6 cm³/mol. The Morgan fingerprint density at radius 3 is 2.80 bits per heavy atom. The summed E-state index contributed by atoms with van der Waals surface area (Å²) in [5, 5.41) is 9.82. The fourth-order valence-corrected chi connectivity index (χ4v) is 1.75. The average Bonchev–Trinajstić information content (AvgIpc) is 2.22. The Balaban J connectivity index is 2.50. The maximum Gasteiger partial charge on any atom is 0.127 e. The van der Waals surface area contributed by atoms with Crippen molar-refractivity contribution < 1.29 is 9.50 Å². The van der Waals surface area contributed by atoms with E-state index in [1.165, 1.54) is 6.07 Å². The van der Waals surface area contributed by atoms with E-state index in [1.807, 2.05) is 6.92 Å². The quantitative estimate of drug-likeness (QED) is 0.820. The first-order chi connectivity index (χ1) is 7.15. The zero-order valence-electron chi connectivity index (χ0n) is 8.84. The summed E-state index contributed by atoms with van der Waals surface area (Å²) in [5.74, 6) is -0.256. The van der Waals surface area contributed by atoms with Crippen LogP contribution in [-0.2, 0) is 6.42 Å². The molecule has 1 atom stereocenters. The molecule has 0 radical (unpaired) electrons. The number of hydrogen-bond acceptors (Lipinski definition) is 1. The molecule has 0 aliphatic rings. The lowest BCUT2D eigenvalue weighted by molar-refractivity contribution is 0.157. The van der Waals surface area contributed by atoms with Gasteiger partial charge in [0.1, 0.15) is 5.82 Å². The van der Waals surface area contributed by atoms with Crippen LogP contribution in [0.2, 0.25) is 5.02 Å². The van der Waals surface area contributed by atoms with Crippen molar-refractivity contribution in [3.8, 4) is 0 Å². The number of benzene rings is 1. The predicted octanol–water partition coefficient (Wildman–Crippen LogP) is 3.57. The van der Waals surface area contributed by atoms with Gasteiger partial charge in [0.05, 0.1) is 6.10 Å². The minimum absolute atomic E-state index is 0.256. The first kappa shape index (κ1) is 12.5. The van der Waals surface area contributed by atoms with E-state index in [0.717, 1.165) is 12.8 Å². The standard InChI is InChI=1S/C12H16ClFO/c1-2-9(15)5-3-6-10-11(13)7-4-8-12(10)14/h4,7-9,15H,2-3,5-6H2,1H3. The van der Waals surface area contributed by atoms with Crippen molar-refractivity contribution in [1.82, 2.24) is 0 Å². The second-order valence-corrected chi connectivity index (χ2v) is 4.06. The van der Waals surface area contributed by atoms with E-state index in [4.69, 9.17) is 11.6 Å². The molecule has 1 aromatic rings. The lowest BCUT2D eigenvalue weighted by Gasteiger charge is -2.08. The Hall–Kier alpha value is -0.600. The van der Waals surface area contributed by atoms with Crippen molar-refractivity contribution in [3.63, 3.8) is 0 Å². The van der Waals surface area contributed by atoms with Crippen molar-refractivity contribution in [1.29, 1.82) is 0 Å². The normalized spacial score (nSPS) is 12.8. The first-order valence-corrected chi connectivity index (χ1v) is 5.64. The molecule has 0 fully saturated rings. The van der Waals surface area contributed by atoms with Gasteiger partial charge in [0, 0.05) is 10.6 Å². The van der Waals surface area contributed by atoms with Gasteiger partial charge in [-0.15, -0.1) is 0 Å². The van der Waals surface area contributed by atoms with Crippen LogP contribution in [0.15, 0.2) is 18.2 Å². The summed E-state index contributed by atoms with van der Waals surface area (Å²) < 4.78 is 13.3. The Morgan fingerprint density at radius 1 is 1.47 bits per heavy atom. The van der Waals surface area contributed by atoms with Gasteiger partial charge in [-0.25, -0.2) is 4.39 Å². The Morgan fingerprint density at radius 2 is 2.20 bits per heavy atom. The van der Waals surface area contributed by atoms with Crippen LogP contribution in [0.1, 0.15) is 31.7 Å². The number of aliphatic hydroxyl groups is 1. The molecule has 1 aromatic carbocycles. The monoisotopic (exact) mass is 230 g/mol. The molecular formula is C12H16ClFO. The molecule has 84 valence electrons. The largest absolute Gasteiger partial charge is 0.393 e. The lowest BCUT2D eigenvalue weighted by Crippen LogP contribution is -2.05. The van der Waals surface area contributed by atoms with Gasteiger partial charge in [-0.3, -0.25) is 0 Å². The highest BCUT2D eigenvalue weighted by Gasteiger charge is 2.07. The summed E-state index contributed by atoms with van der Waals surface area (Å²) in [6.07, 6.45) is 2.50. The molecule has 0 aromatic heterocycles. The highest BCUT2D eigenvalue weighted by molar-refractivity contribution is 6.31. The molecule has 0 heterocycles. The molecular weight excluding hydrogens is 215 g/mol. The van der Waals surface area contributed by atoms with Crippen molar-refractivity contribution in [2.75, 3.05) is 0 Å². The van der Waals surface area contributed by atoms with E-state index >= 15 is 0 Å². The molecule has 0 aliphatic heterocycles. The highest BCUT2D eigenvalue weighted by atomic mass is 35.5. The van der Waals surface area contributed by atoms with Gasteiger partial charge < -0.3 is 5.11 Å². The van der Waals surface area contributed by atoms with Gasteiger partial charge in [0.2, 0.25) is 0 Å². The van der Waals surface area contributed by atoms with E-state index in [0.29, 0.717) is 23.4 Å². The molecule has 1 unspecified atom stereocenters. The van der Waals surface area contributed by atoms with Gasteiger partial charge in [-0.2, -0.15) is 0 Å². The zero-order valence-corrected chi connectivity index (χ0v) is 9.60. The third-order valence-corrected chi connectivity index (χ3v) is 2.85. The molecule has 0 aliphatic carbocycles. The maximum absolute atomic E-state index is 13.3. The topological polar surface area (TPSA) is 20.2 Å². The molecule has 0 spiro atoms. The summed E-state index contributed by atoms with van der Waals surface area (Å²) in [6.45, 7) is 1.93. The Labute approximate surface area is 94.9 Å². The van der Waals surface area contributed by atoms with Crippen LogP contribution in [0, 0.1) is 5.82 Å². The fourth-order valence-electron chi connectivity index (χ4n) is 1.49. The van der Waals surface area contributed by atoms with Crippen LogP contribution in [0.3, 0.4) is 0 Å². The average molecular weight is 231 g/mol. The summed E-state index contributed by atoms with van der Waals surface area (Å²) in [6, 6.07) is 4.70. The Bertz CT molecular complexity index is 294. The molecule has 3 heteroatoms. The lowest BCUT2D eigenvalue weighted by atomic mass is 10.0. The van der Waals surface area contributed by atoms with Crippen LogP contribution < -0.4 is 0 Å². The second-order valence-electron chi connectivity index (χ2n) is 3.65. The van der Waals surface area contributed by atoms with E-state index in [1.54, 1.807) is 12.1 Å². The Kier molecular flexibility index (Phi) is 5.06. The van der Waals surface area contributed by atoms with Crippen molar-refractivity contribution >= 4 is 11.6 Å². The smallest absolute Gasteiger partial charge is 0.127 e. The summed E-state index contributed by atoms with van der Waals surface area (Å²) >= 11 is 5.88. The minimum Gasteiger partial charge on any atom is -0.393 e. The first-order valence-electron chi connectivity index (χ1n) is 5.26.